The molecule has 1 fully saturated rings. The van der Waals surface area contributed by atoms with E-state index >= 15 is 0 Å². The molecule has 0 aromatic heterocycles. The number of carboxylic acid groups (broad SMARTS) is 1. The van der Waals surface area contributed by atoms with Crippen LogP contribution in [0.25, 0.3) is 0 Å². The lowest BCUT2D eigenvalue weighted by molar-refractivity contribution is -0.145. The van der Waals surface area contributed by atoms with Gasteiger partial charge in [0.2, 0.25) is 0 Å². The Hall–Kier alpha value is -2.98. The summed E-state index contributed by atoms with van der Waals surface area (Å²) in [5.74, 6) is -2.74. The van der Waals surface area contributed by atoms with Crippen LogP contribution in [0.3, 0.4) is 0 Å². The molecule has 2 aromatic carbocycles. The molecule has 31 heavy (non-hydrogen) atoms. The summed E-state index contributed by atoms with van der Waals surface area (Å²) < 4.78 is 44.7. The molecule has 0 aliphatic heterocycles. The summed E-state index contributed by atoms with van der Waals surface area (Å²) in [6.45, 7) is 3.05. The zero-order valence-electron chi connectivity index (χ0n) is 16.7. The fraction of sp³-hybridized carbons (Fsp3) is 0.304. The maximum absolute atomic E-state index is 13.0. The Morgan fingerprint density at radius 3 is 2.35 bits per heavy atom. The maximum atomic E-state index is 13.0. The Balaban J connectivity index is 2.03. The van der Waals surface area contributed by atoms with E-state index in [2.05, 4.69) is 0 Å². The van der Waals surface area contributed by atoms with Gasteiger partial charge in [0.05, 0.1) is 12.0 Å². The van der Waals surface area contributed by atoms with E-state index < -0.39 is 39.8 Å². The number of nitriles is 1. The Bertz CT molecular complexity index is 1060. The van der Waals surface area contributed by atoms with Gasteiger partial charge < -0.3 is 9.84 Å². The predicted molar refractivity (Wildman–Crippen MR) is 109 cm³/mol. The number of benzene rings is 2. The van der Waals surface area contributed by atoms with Crippen LogP contribution in [0.1, 0.15) is 25.3 Å². The van der Waals surface area contributed by atoms with Crippen LogP contribution in [-0.2, 0) is 4.79 Å². The predicted octanol–water partition coefficient (Wildman–Crippen LogP) is 6.50. The first-order chi connectivity index (χ1) is 14.5. The second-order valence-electron chi connectivity index (χ2n) is 7.94. The molecule has 0 unspecified atom stereocenters. The number of aliphatic carboxylic acids is 1. The van der Waals surface area contributed by atoms with Gasteiger partial charge in [0, 0.05) is 5.92 Å². The molecule has 1 aliphatic carbocycles. The number of halogens is 4. The lowest BCUT2D eigenvalue weighted by atomic mass is 9.78. The van der Waals surface area contributed by atoms with Gasteiger partial charge in [-0.2, -0.15) is 18.4 Å². The van der Waals surface area contributed by atoms with Crippen molar-refractivity contribution in [2.75, 3.05) is 0 Å². The van der Waals surface area contributed by atoms with Crippen molar-refractivity contribution in [2.45, 2.75) is 25.9 Å². The lowest BCUT2D eigenvalue weighted by Crippen LogP contribution is -2.29. The van der Waals surface area contributed by atoms with Gasteiger partial charge in [0.25, 0.3) is 0 Å². The summed E-state index contributed by atoms with van der Waals surface area (Å²) in [5.41, 5.74) is -2.58. The van der Waals surface area contributed by atoms with Gasteiger partial charge >= 0.3 is 12.1 Å². The van der Waals surface area contributed by atoms with E-state index in [0.29, 0.717) is 23.1 Å². The highest BCUT2D eigenvalue weighted by Gasteiger charge is 2.78. The van der Waals surface area contributed by atoms with Crippen LogP contribution < -0.4 is 4.74 Å². The molecule has 1 N–H and O–H groups in total. The highest BCUT2D eigenvalue weighted by molar-refractivity contribution is 6.30. The number of rotatable bonds is 6. The molecule has 0 amide bonds. The summed E-state index contributed by atoms with van der Waals surface area (Å²) in [4.78, 5) is 12.4. The van der Waals surface area contributed by atoms with E-state index in [1.54, 1.807) is 42.5 Å². The highest BCUT2D eigenvalue weighted by atomic mass is 35.5. The average molecular weight is 450 g/mol. The minimum Gasteiger partial charge on any atom is -0.481 e. The van der Waals surface area contributed by atoms with Crippen molar-refractivity contribution >= 4 is 17.6 Å². The molecule has 8 heteroatoms. The number of carbonyl (C=O) groups is 1. The van der Waals surface area contributed by atoms with Crippen LogP contribution in [0, 0.1) is 28.1 Å². The number of hydrogen-bond acceptors (Lipinski definition) is 3. The molecule has 0 bridgehead atoms. The van der Waals surface area contributed by atoms with Gasteiger partial charge in [-0.1, -0.05) is 61.9 Å². The smallest absolute Gasteiger partial charge is 0.426 e. The van der Waals surface area contributed by atoms with Gasteiger partial charge in [0.1, 0.15) is 21.9 Å². The monoisotopic (exact) mass is 449 g/mol. The summed E-state index contributed by atoms with van der Waals surface area (Å²) in [6.07, 6.45) is -4.08. The molecular formula is C23H19ClF3NO3. The average Bonchev–Trinajstić information content (AvgIpc) is 3.18. The number of para-hydroxylation sites is 1. The van der Waals surface area contributed by atoms with Crippen LogP contribution >= 0.6 is 11.6 Å². The molecule has 3 atom stereocenters. The highest BCUT2D eigenvalue weighted by Crippen LogP contribution is 2.75. The molecule has 0 radical (unpaired) electrons. The van der Waals surface area contributed by atoms with E-state index in [0.717, 1.165) is 0 Å². The van der Waals surface area contributed by atoms with Crippen LogP contribution in [0.15, 0.2) is 65.7 Å². The van der Waals surface area contributed by atoms with Crippen LogP contribution in [0.2, 0.25) is 0 Å². The van der Waals surface area contributed by atoms with Crippen molar-refractivity contribution in [1.82, 2.24) is 0 Å². The molecule has 1 saturated carbocycles. The number of allylic oxidation sites excluding steroid dienone is 2. The molecule has 3 rings (SSSR count). The van der Waals surface area contributed by atoms with Crippen molar-refractivity contribution in [3.8, 4) is 17.6 Å². The number of hydrogen-bond donors (Lipinski definition) is 1. The molecule has 0 saturated heterocycles. The largest absolute Gasteiger partial charge is 0.481 e. The first-order valence-corrected chi connectivity index (χ1v) is 9.74. The molecule has 162 valence electrons. The molecule has 2 aromatic rings. The van der Waals surface area contributed by atoms with Crippen molar-refractivity contribution in [3.63, 3.8) is 0 Å². The van der Waals surface area contributed by atoms with E-state index in [1.807, 2.05) is 12.1 Å². The molecule has 1 aliphatic rings. The Labute approximate surface area is 182 Å². The van der Waals surface area contributed by atoms with Gasteiger partial charge in [0.15, 0.2) is 0 Å². The standard InChI is InChI=1S/C23H19ClF3NO3/c1-21(2)18(12-19(24)23(25,26)27)22(21,20(29)30)17(13-28)14-7-6-10-16(11-14)31-15-8-4-3-5-9-15/h3-12,17-18H,1-2H3,(H,29,30)/b19-12-/t17-,18+,22+/m0/s1. The summed E-state index contributed by atoms with van der Waals surface area (Å²) in [5, 5.41) is 18.6. The Morgan fingerprint density at radius 1 is 1.19 bits per heavy atom. The normalized spacial score (nSPS) is 23.5. The van der Waals surface area contributed by atoms with Crippen molar-refractivity contribution < 1.29 is 27.8 Å². The topological polar surface area (TPSA) is 70.3 Å². The maximum Gasteiger partial charge on any atom is 0.426 e. The number of carboxylic acids is 1. The third kappa shape index (κ3) is 3.88. The van der Waals surface area contributed by atoms with Crippen molar-refractivity contribution in [2.24, 2.45) is 16.7 Å². The SMILES string of the molecule is CC1(C)[C@@H](/C=C(\Cl)C(F)(F)F)[C@@]1(C(=O)O)[C@@H](C#N)c1cccc(Oc2ccccc2)c1. The van der Waals surface area contributed by atoms with E-state index in [-0.39, 0.29) is 0 Å². The minimum atomic E-state index is -4.80. The third-order valence-electron chi connectivity index (χ3n) is 5.94. The molecule has 0 spiro atoms. The fourth-order valence-corrected chi connectivity index (χ4v) is 4.45. The molecular weight excluding hydrogens is 431 g/mol. The number of alkyl halides is 3. The summed E-state index contributed by atoms with van der Waals surface area (Å²) in [6, 6.07) is 17.2. The van der Waals surface area contributed by atoms with E-state index in [1.165, 1.54) is 19.9 Å². The van der Waals surface area contributed by atoms with Crippen molar-refractivity contribution in [1.29, 1.82) is 5.26 Å². The Morgan fingerprint density at radius 2 is 1.81 bits per heavy atom. The zero-order valence-corrected chi connectivity index (χ0v) is 17.4. The Kier molecular flexibility index (Phi) is 5.81. The van der Waals surface area contributed by atoms with Gasteiger partial charge in [-0.3, -0.25) is 4.79 Å². The van der Waals surface area contributed by atoms with Crippen LogP contribution in [0.4, 0.5) is 13.2 Å². The second-order valence-corrected chi connectivity index (χ2v) is 8.34. The zero-order chi connectivity index (χ0) is 23.0. The first-order valence-electron chi connectivity index (χ1n) is 9.36. The second kappa shape index (κ2) is 7.93. The van der Waals surface area contributed by atoms with Gasteiger partial charge in [-0.05, 0) is 35.2 Å². The fourth-order valence-electron chi connectivity index (χ4n) is 4.32. The summed E-state index contributed by atoms with van der Waals surface area (Å²) in [7, 11) is 0. The number of nitrogens with zero attached hydrogens (tertiary/aromatic N) is 1. The first kappa shape index (κ1) is 22.7. The van der Waals surface area contributed by atoms with Crippen molar-refractivity contribution in [3.05, 3.63) is 71.3 Å². The minimum absolute atomic E-state index is 0.338. The lowest BCUT2D eigenvalue weighted by Gasteiger charge is -2.22. The summed E-state index contributed by atoms with van der Waals surface area (Å²) >= 11 is 5.40. The van der Waals surface area contributed by atoms with E-state index in [4.69, 9.17) is 16.3 Å². The third-order valence-corrected chi connectivity index (χ3v) is 6.28. The van der Waals surface area contributed by atoms with Gasteiger partial charge in [-0.15, -0.1) is 0 Å². The number of ether oxygens (including phenoxy) is 1. The van der Waals surface area contributed by atoms with Crippen LogP contribution in [0.5, 0.6) is 11.5 Å². The quantitative estimate of drug-likeness (QED) is 0.546. The van der Waals surface area contributed by atoms with Gasteiger partial charge in [-0.25, -0.2) is 0 Å². The molecule has 0 heterocycles. The van der Waals surface area contributed by atoms with E-state index in [9.17, 15) is 28.3 Å². The van der Waals surface area contributed by atoms with Crippen LogP contribution in [-0.4, -0.2) is 17.3 Å². The molecule has 4 nitrogen and oxygen atoms in total.